The van der Waals surface area contributed by atoms with Gasteiger partial charge < -0.3 is 9.84 Å². The molecular weight excluding hydrogens is 408 g/mol. The lowest BCUT2D eigenvalue weighted by Gasteiger charge is -2.07. The molecule has 1 aromatic rings. The number of aliphatic carboxylic acids is 1. The van der Waals surface area contributed by atoms with E-state index in [0.29, 0.717) is 6.42 Å². The Labute approximate surface area is 204 Å². The highest BCUT2D eigenvalue weighted by atomic mass is 16.5. The normalized spacial score (nSPS) is 11.3. The number of rotatable bonds is 23. The lowest BCUT2D eigenvalue weighted by atomic mass is 10.0. The molecule has 3 nitrogen and oxygen atoms in total. The topological polar surface area (TPSA) is 46.5 Å². The van der Waals surface area contributed by atoms with E-state index >= 15 is 0 Å². The Balaban J connectivity index is 1.87. The average molecular weight is 459 g/mol. The summed E-state index contributed by atoms with van der Waals surface area (Å²) in [6, 6.07) is 8.14. The molecule has 1 rings (SSSR count). The summed E-state index contributed by atoms with van der Waals surface area (Å²) in [5.74, 6) is 0.202. The van der Waals surface area contributed by atoms with Gasteiger partial charge in [-0.15, -0.1) is 0 Å². The van der Waals surface area contributed by atoms with Gasteiger partial charge in [0.2, 0.25) is 0 Å². The van der Waals surface area contributed by atoms with Crippen molar-refractivity contribution >= 4 is 12.0 Å². The van der Waals surface area contributed by atoms with Gasteiger partial charge in [0.15, 0.2) is 0 Å². The fraction of sp³-hybridized carbons (Fsp3) is 0.700. The molecule has 0 radical (unpaired) electrons. The Bertz CT molecular complexity index is 591. The smallest absolute Gasteiger partial charge is 0.303 e. The number of hydrogen-bond donors (Lipinski definition) is 1. The molecule has 0 unspecified atom stereocenters. The predicted molar refractivity (Wildman–Crippen MR) is 142 cm³/mol. The van der Waals surface area contributed by atoms with Gasteiger partial charge in [0.05, 0.1) is 6.61 Å². The summed E-state index contributed by atoms with van der Waals surface area (Å²) in [5, 5.41) is 8.64. The minimum atomic E-state index is -0.728. The molecule has 0 saturated heterocycles. The van der Waals surface area contributed by atoms with Gasteiger partial charge >= 0.3 is 5.97 Å². The minimum absolute atomic E-state index is 0.233. The zero-order valence-corrected chi connectivity index (χ0v) is 21.4. The van der Waals surface area contributed by atoms with Gasteiger partial charge in [-0.2, -0.15) is 0 Å². The van der Waals surface area contributed by atoms with Crippen LogP contribution in [-0.4, -0.2) is 17.7 Å². The molecule has 1 aromatic carbocycles. The van der Waals surface area contributed by atoms with Crippen LogP contribution in [0.15, 0.2) is 30.3 Å². The second-order valence-corrected chi connectivity index (χ2v) is 9.41. The number of carboxylic acid groups (broad SMARTS) is 1. The largest absolute Gasteiger partial charge is 0.494 e. The summed E-state index contributed by atoms with van der Waals surface area (Å²) in [4.78, 5) is 10.5. The van der Waals surface area contributed by atoms with Crippen LogP contribution in [0, 0.1) is 0 Å². The van der Waals surface area contributed by atoms with Crippen molar-refractivity contribution in [2.24, 2.45) is 0 Å². The van der Waals surface area contributed by atoms with Gasteiger partial charge in [-0.25, -0.2) is 0 Å². The molecule has 0 aromatic heterocycles. The number of hydrogen-bond acceptors (Lipinski definition) is 2. The summed E-state index contributed by atoms with van der Waals surface area (Å²) in [6.07, 6.45) is 28.0. The van der Waals surface area contributed by atoms with Crippen molar-refractivity contribution in [3.05, 3.63) is 35.9 Å². The first-order valence-electron chi connectivity index (χ1n) is 13.8. The third-order valence-electron chi connectivity index (χ3n) is 6.22. The molecule has 0 fully saturated rings. The van der Waals surface area contributed by atoms with E-state index in [0.717, 1.165) is 30.8 Å². The lowest BCUT2D eigenvalue weighted by molar-refractivity contribution is -0.137. The van der Waals surface area contributed by atoms with Crippen molar-refractivity contribution in [2.45, 2.75) is 129 Å². The second kappa shape index (κ2) is 22.0. The zero-order chi connectivity index (χ0) is 23.8. The Morgan fingerprint density at radius 1 is 0.727 bits per heavy atom. The monoisotopic (exact) mass is 458 g/mol. The van der Waals surface area contributed by atoms with E-state index in [9.17, 15) is 4.79 Å². The zero-order valence-electron chi connectivity index (χ0n) is 21.4. The highest BCUT2D eigenvalue weighted by Crippen LogP contribution is 2.16. The van der Waals surface area contributed by atoms with Gasteiger partial charge in [0, 0.05) is 6.42 Å². The van der Waals surface area contributed by atoms with Crippen LogP contribution in [-0.2, 0) is 4.79 Å². The van der Waals surface area contributed by atoms with Crippen LogP contribution >= 0.6 is 0 Å². The van der Waals surface area contributed by atoms with Crippen molar-refractivity contribution in [3.63, 3.8) is 0 Å². The number of carboxylic acids is 1. The average Bonchev–Trinajstić information content (AvgIpc) is 2.81. The maximum absolute atomic E-state index is 10.5. The van der Waals surface area contributed by atoms with E-state index in [1.165, 1.54) is 96.3 Å². The molecule has 0 aliphatic rings. The van der Waals surface area contributed by atoms with E-state index in [4.69, 9.17) is 9.84 Å². The first-order chi connectivity index (χ1) is 16.2. The van der Waals surface area contributed by atoms with Crippen LogP contribution in [0.25, 0.3) is 6.08 Å². The van der Waals surface area contributed by atoms with Gasteiger partial charge in [0.1, 0.15) is 5.75 Å². The van der Waals surface area contributed by atoms with Crippen LogP contribution in [0.4, 0.5) is 0 Å². The quantitative estimate of drug-likeness (QED) is 0.166. The van der Waals surface area contributed by atoms with Crippen LogP contribution in [0.2, 0.25) is 0 Å². The van der Waals surface area contributed by atoms with Crippen molar-refractivity contribution in [1.82, 2.24) is 0 Å². The maximum Gasteiger partial charge on any atom is 0.303 e. The van der Waals surface area contributed by atoms with E-state index < -0.39 is 5.97 Å². The van der Waals surface area contributed by atoms with E-state index in [1.54, 1.807) is 0 Å². The summed E-state index contributed by atoms with van der Waals surface area (Å²) >= 11 is 0. The van der Waals surface area contributed by atoms with Crippen molar-refractivity contribution in [2.75, 3.05) is 6.61 Å². The molecule has 0 saturated carbocycles. The molecule has 188 valence electrons. The van der Waals surface area contributed by atoms with Crippen molar-refractivity contribution in [3.8, 4) is 5.75 Å². The third-order valence-corrected chi connectivity index (χ3v) is 6.22. The molecule has 0 amide bonds. The summed E-state index contributed by atoms with van der Waals surface area (Å²) < 4.78 is 5.86. The number of allylic oxidation sites excluding steroid dienone is 1. The van der Waals surface area contributed by atoms with Crippen molar-refractivity contribution in [1.29, 1.82) is 0 Å². The molecule has 0 aliphatic carbocycles. The Hall–Kier alpha value is -1.77. The van der Waals surface area contributed by atoms with E-state index in [-0.39, 0.29) is 6.42 Å². The van der Waals surface area contributed by atoms with Gasteiger partial charge in [-0.1, -0.05) is 128 Å². The SMILES string of the molecule is CCCCCCCCCCCCCCCCCCOc1ccc(C=CCCCC(=O)O)cc1. The molecule has 3 heteroatoms. The molecule has 0 spiro atoms. The fourth-order valence-corrected chi connectivity index (χ4v) is 4.11. The van der Waals surface area contributed by atoms with E-state index in [1.807, 2.05) is 24.3 Å². The number of ether oxygens (including phenoxy) is 1. The van der Waals surface area contributed by atoms with E-state index in [2.05, 4.69) is 19.1 Å². The molecule has 0 heterocycles. The summed E-state index contributed by atoms with van der Waals surface area (Å²) in [7, 11) is 0. The standard InChI is InChI=1S/C30H50O3/c1-2-3-4-5-6-7-8-9-10-11-12-13-14-15-16-20-27-33-29-25-23-28(24-26-29)21-18-17-19-22-30(31)32/h18,21,23-26H,2-17,19-20,22,27H2,1H3,(H,31,32). The Morgan fingerprint density at radius 2 is 1.21 bits per heavy atom. The number of unbranched alkanes of at least 4 members (excludes halogenated alkanes) is 16. The Morgan fingerprint density at radius 3 is 1.70 bits per heavy atom. The van der Waals surface area contributed by atoms with Crippen molar-refractivity contribution < 1.29 is 14.6 Å². The number of carbonyl (C=O) groups is 1. The molecule has 0 atom stereocenters. The fourth-order valence-electron chi connectivity index (χ4n) is 4.11. The molecule has 0 aliphatic heterocycles. The second-order valence-electron chi connectivity index (χ2n) is 9.41. The highest BCUT2D eigenvalue weighted by molar-refractivity contribution is 5.66. The first kappa shape index (κ1) is 29.3. The number of benzene rings is 1. The summed E-state index contributed by atoms with van der Waals surface area (Å²) in [5.41, 5.74) is 1.13. The highest BCUT2D eigenvalue weighted by Gasteiger charge is 1.97. The van der Waals surface area contributed by atoms with Crippen LogP contribution in [0.5, 0.6) is 5.75 Å². The summed E-state index contributed by atoms with van der Waals surface area (Å²) in [6.45, 7) is 3.08. The predicted octanol–water partition coefficient (Wildman–Crippen LogP) is 9.60. The maximum atomic E-state index is 10.5. The molecule has 1 N–H and O–H groups in total. The van der Waals surface area contributed by atoms with Crippen LogP contribution in [0.1, 0.15) is 134 Å². The van der Waals surface area contributed by atoms with Gasteiger partial charge in [-0.05, 0) is 37.0 Å². The van der Waals surface area contributed by atoms with Crippen LogP contribution < -0.4 is 4.74 Å². The Kier molecular flexibility index (Phi) is 19.5. The van der Waals surface area contributed by atoms with Crippen LogP contribution in [0.3, 0.4) is 0 Å². The lowest BCUT2D eigenvalue weighted by Crippen LogP contribution is -1.97. The first-order valence-corrected chi connectivity index (χ1v) is 13.8. The molecule has 33 heavy (non-hydrogen) atoms. The molecule has 0 bridgehead atoms. The van der Waals surface area contributed by atoms with Gasteiger partial charge in [0.25, 0.3) is 0 Å². The van der Waals surface area contributed by atoms with Gasteiger partial charge in [-0.3, -0.25) is 4.79 Å². The third kappa shape index (κ3) is 19.4. The minimum Gasteiger partial charge on any atom is -0.494 e. The molecular formula is C30H50O3.